The topological polar surface area (TPSA) is 56.5 Å². The summed E-state index contributed by atoms with van der Waals surface area (Å²) < 4.78 is 10.0. The van der Waals surface area contributed by atoms with Crippen molar-refractivity contribution >= 4 is 12.0 Å². The lowest BCUT2D eigenvalue weighted by Crippen LogP contribution is -2.51. The van der Waals surface area contributed by atoms with E-state index in [2.05, 4.69) is 13.0 Å². The molecule has 3 rings (SSSR count). The molecule has 1 saturated carbocycles. The molecule has 112 valence electrons. The number of hydrogen-bond acceptors (Lipinski definition) is 4. The maximum atomic E-state index is 12.3. The van der Waals surface area contributed by atoms with Crippen molar-refractivity contribution in [1.82, 2.24) is 0 Å². The van der Waals surface area contributed by atoms with E-state index in [0.717, 1.165) is 30.4 Å². The monoisotopic (exact) mass is 288 g/mol. The average molecular weight is 288 g/mol. The molecule has 4 nitrogen and oxygen atoms in total. The summed E-state index contributed by atoms with van der Waals surface area (Å²) in [4.78, 5) is 24.0. The van der Waals surface area contributed by atoms with E-state index in [0.29, 0.717) is 0 Å². The fourth-order valence-electron chi connectivity index (χ4n) is 4.27. The lowest BCUT2D eigenvalue weighted by atomic mass is 9.52. The van der Waals surface area contributed by atoms with E-state index < -0.39 is 5.41 Å². The summed E-state index contributed by atoms with van der Waals surface area (Å²) >= 11 is 0. The number of ether oxygens (including phenoxy) is 1. The van der Waals surface area contributed by atoms with Gasteiger partial charge >= 0.3 is 11.6 Å². The van der Waals surface area contributed by atoms with Crippen LogP contribution in [0.3, 0.4) is 0 Å². The third kappa shape index (κ3) is 1.88. The third-order valence-electron chi connectivity index (χ3n) is 5.38. The van der Waals surface area contributed by atoms with Crippen molar-refractivity contribution in [2.24, 2.45) is 11.3 Å². The molecule has 0 unspecified atom stereocenters. The van der Waals surface area contributed by atoms with Crippen LogP contribution in [0.4, 0.5) is 0 Å². The molecule has 0 radical (unpaired) electrons. The second-order valence-electron chi connectivity index (χ2n) is 6.58. The average Bonchev–Trinajstić information content (AvgIpc) is 2.46. The molecule has 0 aromatic carbocycles. The van der Waals surface area contributed by atoms with Crippen LogP contribution in [0.15, 0.2) is 27.6 Å². The van der Waals surface area contributed by atoms with Gasteiger partial charge in [0.05, 0.1) is 12.5 Å². The Balaban J connectivity index is 2.17. The minimum Gasteiger partial charge on any atom is -0.469 e. The van der Waals surface area contributed by atoms with Crippen LogP contribution in [0, 0.1) is 11.3 Å². The van der Waals surface area contributed by atoms with Crippen LogP contribution < -0.4 is 5.63 Å². The van der Waals surface area contributed by atoms with E-state index in [1.54, 1.807) is 6.07 Å². The van der Waals surface area contributed by atoms with Crippen molar-refractivity contribution in [1.29, 1.82) is 0 Å². The zero-order valence-electron chi connectivity index (χ0n) is 12.6. The number of carbonyl (C=O) groups excluding carboxylic acids is 1. The molecule has 2 aliphatic rings. The van der Waals surface area contributed by atoms with Crippen molar-refractivity contribution in [2.45, 2.75) is 38.5 Å². The van der Waals surface area contributed by atoms with Gasteiger partial charge < -0.3 is 9.15 Å². The molecule has 0 saturated heterocycles. The summed E-state index contributed by atoms with van der Waals surface area (Å²) in [6.07, 6.45) is 8.24. The summed E-state index contributed by atoms with van der Waals surface area (Å²) in [5.74, 6) is -0.144. The van der Waals surface area contributed by atoms with E-state index in [1.807, 2.05) is 13.0 Å². The molecule has 1 aromatic heterocycles. The largest absolute Gasteiger partial charge is 0.469 e. The van der Waals surface area contributed by atoms with Crippen molar-refractivity contribution in [3.63, 3.8) is 0 Å². The zero-order valence-corrected chi connectivity index (χ0v) is 12.6. The zero-order chi connectivity index (χ0) is 15.3. The molecule has 0 aliphatic heterocycles. The Kier molecular flexibility index (Phi) is 3.08. The maximum absolute atomic E-state index is 12.3. The van der Waals surface area contributed by atoms with Gasteiger partial charge in [-0.3, -0.25) is 4.79 Å². The summed E-state index contributed by atoms with van der Waals surface area (Å²) in [6.45, 7) is 4.11. The molecule has 2 aliphatic carbocycles. The minimum atomic E-state index is -0.550. The molecule has 0 amide bonds. The van der Waals surface area contributed by atoms with Gasteiger partial charge in [-0.15, -0.1) is 0 Å². The summed E-state index contributed by atoms with van der Waals surface area (Å²) in [5.41, 5.74) is 0.797. The van der Waals surface area contributed by atoms with Gasteiger partial charge in [0, 0.05) is 23.0 Å². The van der Waals surface area contributed by atoms with Crippen molar-refractivity contribution < 1.29 is 13.9 Å². The minimum absolute atomic E-state index is 0.0282. The van der Waals surface area contributed by atoms with Gasteiger partial charge in [0.2, 0.25) is 0 Å². The lowest BCUT2D eigenvalue weighted by Gasteiger charge is -2.51. The smallest absolute Gasteiger partial charge is 0.335 e. The molecular formula is C17H20O4. The second kappa shape index (κ2) is 4.58. The normalized spacial score (nSPS) is 34.0. The van der Waals surface area contributed by atoms with Crippen LogP contribution in [-0.2, 0) is 14.9 Å². The maximum Gasteiger partial charge on any atom is 0.335 e. The first-order valence-corrected chi connectivity index (χ1v) is 7.32. The highest BCUT2D eigenvalue weighted by Crippen LogP contribution is 2.56. The number of allylic oxidation sites excluding steroid dienone is 1. The van der Waals surface area contributed by atoms with Crippen molar-refractivity contribution in [3.05, 3.63) is 40.0 Å². The van der Waals surface area contributed by atoms with E-state index in [9.17, 15) is 9.59 Å². The van der Waals surface area contributed by atoms with Crippen LogP contribution in [-0.4, -0.2) is 13.1 Å². The number of methoxy groups -OCH3 is 1. The molecular weight excluding hydrogens is 268 g/mol. The number of esters is 1. The number of rotatable bonds is 1. The molecule has 1 fully saturated rings. The molecule has 3 atom stereocenters. The fraction of sp³-hybridized carbons (Fsp3) is 0.529. The van der Waals surface area contributed by atoms with E-state index >= 15 is 0 Å². The predicted octanol–water partition coefficient (Wildman–Crippen LogP) is 2.90. The Morgan fingerprint density at radius 3 is 2.86 bits per heavy atom. The molecule has 0 bridgehead atoms. The fourth-order valence-corrected chi connectivity index (χ4v) is 4.27. The molecule has 21 heavy (non-hydrogen) atoms. The molecule has 1 heterocycles. The Labute approximate surface area is 123 Å². The van der Waals surface area contributed by atoms with Gasteiger partial charge in [0.25, 0.3) is 0 Å². The summed E-state index contributed by atoms with van der Waals surface area (Å²) in [7, 11) is 1.44. The van der Waals surface area contributed by atoms with E-state index in [-0.39, 0.29) is 22.9 Å². The van der Waals surface area contributed by atoms with Crippen LogP contribution >= 0.6 is 0 Å². The first-order valence-electron chi connectivity index (χ1n) is 7.32. The highest BCUT2D eigenvalue weighted by molar-refractivity contribution is 5.78. The van der Waals surface area contributed by atoms with Gasteiger partial charge in [-0.05, 0) is 25.3 Å². The first-order chi connectivity index (χ1) is 9.91. The highest BCUT2D eigenvalue weighted by Gasteiger charge is 2.54. The quantitative estimate of drug-likeness (QED) is 0.746. The van der Waals surface area contributed by atoms with Gasteiger partial charge in [0.15, 0.2) is 0 Å². The summed E-state index contributed by atoms with van der Waals surface area (Å²) in [6, 6.07) is 1.58. The SMILES string of the molecule is COC(=O)[C@@]1(C)CCC[C@]2(C)c3cc(=O)occ3C=C[C@@H]12. The molecule has 0 spiro atoms. The van der Waals surface area contributed by atoms with Crippen LogP contribution in [0.2, 0.25) is 0 Å². The van der Waals surface area contributed by atoms with Crippen LogP contribution in [0.5, 0.6) is 0 Å². The molecule has 0 N–H and O–H groups in total. The Hall–Kier alpha value is -1.84. The van der Waals surface area contributed by atoms with Crippen LogP contribution in [0.25, 0.3) is 6.08 Å². The third-order valence-corrected chi connectivity index (χ3v) is 5.38. The number of carbonyl (C=O) groups is 1. The van der Waals surface area contributed by atoms with Gasteiger partial charge in [-0.25, -0.2) is 4.79 Å². The Morgan fingerprint density at radius 2 is 2.14 bits per heavy atom. The van der Waals surface area contributed by atoms with Crippen LogP contribution in [0.1, 0.15) is 44.2 Å². The van der Waals surface area contributed by atoms with E-state index in [4.69, 9.17) is 9.15 Å². The standard InChI is InChI=1S/C17H20O4/c1-16-7-4-8-17(2,15(19)20-3)13(16)6-5-11-10-21-14(18)9-12(11)16/h5-6,9-10,13H,4,7-8H2,1-3H3/t13-,16-,17+/m1/s1. The van der Waals surface area contributed by atoms with E-state index in [1.165, 1.54) is 13.4 Å². The van der Waals surface area contributed by atoms with Crippen molar-refractivity contribution in [3.8, 4) is 0 Å². The number of hydrogen-bond donors (Lipinski definition) is 0. The van der Waals surface area contributed by atoms with Crippen molar-refractivity contribution in [2.75, 3.05) is 7.11 Å². The predicted molar refractivity (Wildman–Crippen MR) is 78.8 cm³/mol. The molecule has 1 aromatic rings. The first kappa shape index (κ1) is 14.1. The lowest BCUT2D eigenvalue weighted by molar-refractivity contribution is -0.158. The Morgan fingerprint density at radius 1 is 1.38 bits per heavy atom. The van der Waals surface area contributed by atoms with Gasteiger partial charge in [-0.2, -0.15) is 0 Å². The molecule has 4 heteroatoms. The van der Waals surface area contributed by atoms with Gasteiger partial charge in [-0.1, -0.05) is 25.5 Å². The van der Waals surface area contributed by atoms with Gasteiger partial charge in [0.1, 0.15) is 6.26 Å². The number of fused-ring (bicyclic) bond motifs is 3. The summed E-state index contributed by atoms with van der Waals surface area (Å²) in [5, 5.41) is 0. The second-order valence-corrected chi connectivity index (χ2v) is 6.58. The Bertz CT molecular complexity index is 672. The highest BCUT2D eigenvalue weighted by atomic mass is 16.5.